The first-order valence-corrected chi connectivity index (χ1v) is 10.0. The number of rotatable bonds is 4. The summed E-state index contributed by atoms with van der Waals surface area (Å²) in [6, 6.07) is 5.82. The van der Waals surface area contributed by atoms with Crippen LogP contribution < -0.4 is 20.1 Å². The molecule has 0 saturated carbocycles. The normalized spacial score (nSPS) is 14.8. The van der Waals surface area contributed by atoms with Crippen molar-refractivity contribution in [2.24, 2.45) is 0 Å². The molecule has 0 bridgehead atoms. The Bertz CT molecular complexity index is 1160. The fourth-order valence-electron chi connectivity index (χ4n) is 2.93. The number of allylic oxidation sites excluding steroid dienone is 2. The van der Waals surface area contributed by atoms with Gasteiger partial charge in [0.2, 0.25) is 0 Å². The molecule has 166 valence electrons. The third kappa shape index (κ3) is 4.83. The number of nitrogens with one attached hydrogen (secondary N) is 3. The zero-order valence-electron chi connectivity index (χ0n) is 16.5. The lowest BCUT2D eigenvalue weighted by atomic mass is 10.2. The van der Waals surface area contributed by atoms with E-state index in [2.05, 4.69) is 15.4 Å². The van der Waals surface area contributed by atoms with Gasteiger partial charge in [0, 0.05) is 24.2 Å². The summed E-state index contributed by atoms with van der Waals surface area (Å²) in [7, 11) is 0. The Hall–Kier alpha value is -3.60. The molecular formula is C21H16F4N4O2S. The van der Waals surface area contributed by atoms with Gasteiger partial charge in [0.15, 0.2) is 0 Å². The van der Waals surface area contributed by atoms with Crippen LogP contribution in [0.1, 0.15) is 11.1 Å². The second kappa shape index (κ2) is 8.50. The molecule has 2 amide bonds. The Kier molecular flexibility index (Phi) is 5.74. The summed E-state index contributed by atoms with van der Waals surface area (Å²) in [5.41, 5.74) is 0.320. The maximum atomic E-state index is 13.8. The second-order valence-electron chi connectivity index (χ2n) is 6.82. The number of hydrogen-bond donors (Lipinski definition) is 3. The Morgan fingerprint density at radius 2 is 1.91 bits per heavy atom. The van der Waals surface area contributed by atoms with Crippen molar-refractivity contribution < 1.29 is 27.1 Å². The number of halogens is 4. The highest BCUT2D eigenvalue weighted by Gasteiger charge is 2.31. The number of hydrogen-bond acceptors (Lipinski definition) is 5. The van der Waals surface area contributed by atoms with Crippen LogP contribution in [0.3, 0.4) is 0 Å². The van der Waals surface area contributed by atoms with Crippen molar-refractivity contribution in [1.82, 2.24) is 9.03 Å². The minimum atomic E-state index is -4.65. The second-order valence-corrected chi connectivity index (χ2v) is 7.63. The first-order chi connectivity index (χ1) is 15.2. The number of nitrogens with zero attached hydrogens (tertiary/aromatic N) is 1. The third-order valence-electron chi connectivity index (χ3n) is 4.50. The van der Waals surface area contributed by atoms with Crippen LogP contribution in [0.15, 0.2) is 72.4 Å². The lowest BCUT2D eigenvalue weighted by molar-refractivity contribution is -0.137. The van der Waals surface area contributed by atoms with Gasteiger partial charge in [0.1, 0.15) is 17.3 Å². The summed E-state index contributed by atoms with van der Waals surface area (Å²) >= 11 is 1.43. The molecule has 6 nitrogen and oxygen atoms in total. The maximum Gasteiger partial charge on any atom is 0.416 e. The molecule has 4 rings (SSSR count). The summed E-state index contributed by atoms with van der Waals surface area (Å²) < 4.78 is 63.1. The van der Waals surface area contributed by atoms with Gasteiger partial charge in [-0.1, -0.05) is 0 Å². The predicted molar refractivity (Wildman–Crippen MR) is 114 cm³/mol. The SMILES string of the molecule is Cc1cc(OC2=CC3=CNSN3C=C2)ccc1NC(=O)Nc1cc(C(F)(F)F)ccc1F. The summed E-state index contributed by atoms with van der Waals surface area (Å²) in [5, 5.41) is 4.60. The third-order valence-corrected chi connectivity index (χ3v) is 5.25. The summed E-state index contributed by atoms with van der Waals surface area (Å²) in [6.07, 6.45) is 2.69. The number of aryl methyl sites for hydroxylation is 1. The summed E-state index contributed by atoms with van der Waals surface area (Å²) in [4.78, 5) is 12.2. The Balaban J connectivity index is 1.42. The van der Waals surface area contributed by atoms with E-state index >= 15 is 0 Å². The molecule has 0 saturated heterocycles. The molecule has 2 aromatic carbocycles. The number of carbonyl (C=O) groups excluding carboxylic acids is 1. The predicted octanol–water partition coefficient (Wildman–Crippen LogP) is 5.90. The average molecular weight is 464 g/mol. The maximum absolute atomic E-state index is 13.8. The quantitative estimate of drug-likeness (QED) is 0.389. The average Bonchev–Trinajstić information content (AvgIpc) is 3.19. The van der Waals surface area contributed by atoms with Crippen molar-refractivity contribution in [2.45, 2.75) is 13.1 Å². The van der Waals surface area contributed by atoms with E-state index in [1.807, 2.05) is 22.8 Å². The van der Waals surface area contributed by atoms with E-state index in [-0.39, 0.29) is 0 Å². The zero-order valence-corrected chi connectivity index (χ0v) is 17.3. The van der Waals surface area contributed by atoms with Gasteiger partial charge in [-0.25, -0.2) is 9.18 Å². The van der Waals surface area contributed by atoms with Gasteiger partial charge in [-0.15, -0.1) is 0 Å². The largest absolute Gasteiger partial charge is 0.457 e. The van der Waals surface area contributed by atoms with Crippen molar-refractivity contribution in [3.8, 4) is 5.75 Å². The van der Waals surface area contributed by atoms with E-state index in [1.54, 1.807) is 31.2 Å². The van der Waals surface area contributed by atoms with Crippen molar-refractivity contribution in [3.05, 3.63) is 89.4 Å². The Morgan fingerprint density at radius 3 is 2.66 bits per heavy atom. The molecule has 2 heterocycles. The first kappa shape index (κ1) is 21.6. The van der Waals surface area contributed by atoms with E-state index < -0.39 is 29.3 Å². The van der Waals surface area contributed by atoms with Crippen LogP contribution in [0.5, 0.6) is 5.75 Å². The number of alkyl halides is 3. The molecule has 0 fully saturated rings. The van der Waals surface area contributed by atoms with Gasteiger partial charge in [-0.2, -0.15) is 13.2 Å². The molecule has 32 heavy (non-hydrogen) atoms. The molecule has 2 aliphatic heterocycles. The molecule has 0 unspecified atom stereocenters. The molecule has 3 N–H and O–H groups in total. The highest BCUT2D eigenvalue weighted by Crippen LogP contribution is 2.32. The van der Waals surface area contributed by atoms with Crippen LogP contribution in [-0.2, 0) is 6.18 Å². The van der Waals surface area contributed by atoms with Crippen LogP contribution in [-0.4, -0.2) is 10.3 Å². The van der Waals surface area contributed by atoms with Crippen LogP contribution >= 0.6 is 12.1 Å². The van der Waals surface area contributed by atoms with Gasteiger partial charge in [0.05, 0.1) is 29.1 Å². The molecular weight excluding hydrogens is 448 g/mol. The number of ether oxygens (including phenoxy) is 1. The molecule has 0 spiro atoms. The Labute approximate surface area is 184 Å². The fraction of sp³-hybridized carbons (Fsp3) is 0.0952. The van der Waals surface area contributed by atoms with Gasteiger partial charge in [0.25, 0.3) is 0 Å². The van der Waals surface area contributed by atoms with Gasteiger partial charge in [-0.3, -0.25) is 4.31 Å². The lowest BCUT2D eigenvalue weighted by Gasteiger charge is -2.18. The van der Waals surface area contributed by atoms with Crippen LogP contribution in [0.25, 0.3) is 0 Å². The van der Waals surface area contributed by atoms with Crippen molar-refractivity contribution in [2.75, 3.05) is 10.6 Å². The molecule has 0 radical (unpaired) electrons. The minimum Gasteiger partial charge on any atom is -0.457 e. The fourth-order valence-corrected chi connectivity index (χ4v) is 3.55. The van der Waals surface area contributed by atoms with Crippen molar-refractivity contribution in [3.63, 3.8) is 0 Å². The zero-order chi connectivity index (χ0) is 22.9. The van der Waals surface area contributed by atoms with Crippen molar-refractivity contribution >= 4 is 29.5 Å². The smallest absolute Gasteiger partial charge is 0.416 e. The van der Waals surface area contributed by atoms with E-state index in [9.17, 15) is 22.4 Å². The molecule has 0 aromatic heterocycles. The monoisotopic (exact) mass is 464 g/mol. The van der Waals surface area contributed by atoms with E-state index in [1.165, 1.54) is 12.1 Å². The van der Waals surface area contributed by atoms with Crippen LogP contribution in [0.2, 0.25) is 0 Å². The van der Waals surface area contributed by atoms with Crippen LogP contribution in [0, 0.1) is 12.7 Å². The number of fused-ring (bicyclic) bond motifs is 1. The highest BCUT2D eigenvalue weighted by atomic mass is 32.2. The standard InChI is InChI=1S/C21H16F4N4O2S/c1-12-8-15(31-16-6-7-29-14(10-16)11-26-32-29)3-5-18(12)27-20(30)28-19-9-13(21(23,24)25)2-4-17(19)22/h2-11,26H,1H3,(H2,27,28,30). The number of carbonyl (C=O) groups is 1. The molecule has 0 atom stereocenters. The van der Waals surface area contributed by atoms with Gasteiger partial charge < -0.3 is 20.1 Å². The summed E-state index contributed by atoms with van der Waals surface area (Å²) in [5.74, 6) is 0.169. The number of amides is 2. The number of urea groups is 1. The highest BCUT2D eigenvalue weighted by molar-refractivity contribution is 7.95. The molecule has 11 heteroatoms. The molecule has 2 aromatic rings. The summed E-state index contributed by atoms with van der Waals surface area (Å²) in [6.45, 7) is 1.72. The molecule has 0 aliphatic carbocycles. The van der Waals surface area contributed by atoms with Gasteiger partial charge in [-0.05, 0) is 55.0 Å². The molecule has 2 aliphatic rings. The van der Waals surface area contributed by atoms with E-state index in [4.69, 9.17) is 4.74 Å². The minimum absolute atomic E-state index is 0.390. The number of anilines is 2. The van der Waals surface area contributed by atoms with E-state index in [0.29, 0.717) is 41.0 Å². The topological polar surface area (TPSA) is 65.6 Å². The van der Waals surface area contributed by atoms with Crippen molar-refractivity contribution in [1.29, 1.82) is 0 Å². The first-order valence-electron chi connectivity index (χ1n) is 9.24. The Morgan fingerprint density at radius 1 is 1.12 bits per heavy atom. The van der Waals surface area contributed by atoms with Gasteiger partial charge >= 0.3 is 12.2 Å². The van der Waals surface area contributed by atoms with E-state index in [0.717, 1.165) is 5.70 Å². The van der Waals surface area contributed by atoms with Crippen LogP contribution in [0.4, 0.5) is 33.7 Å². The number of benzene rings is 2. The lowest BCUT2D eigenvalue weighted by Crippen LogP contribution is -2.21.